The number of phenols is 1. The zero-order chi connectivity index (χ0) is 15.8. The van der Waals surface area contributed by atoms with Gasteiger partial charge in [-0.3, -0.25) is 5.10 Å². The van der Waals surface area contributed by atoms with Crippen LogP contribution in [-0.2, 0) is 0 Å². The molecule has 0 bridgehead atoms. The van der Waals surface area contributed by atoms with Gasteiger partial charge in [0.25, 0.3) is 0 Å². The fourth-order valence-electron chi connectivity index (χ4n) is 2.36. The van der Waals surface area contributed by atoms with Crippen LogP contribution in [0.3, 0.4) is 0 Å². The van der Waals surface area contributed by atoms with Crippen LogP contribution in [-0.4, -0.2) is 25.3 Å². The van der Waals surface area contributed by atoms with Gasteiger partial charge in [0, 0.05) is 23.2 Å². The van der Waals surface area contributed by atoms with Crippen molar-refractivity contribution in [1.82, 2.24) is 20.2 Å². The molecule has 116 valence electrons. The van der Waals surface area contributed by atoms with Crippen molar-refractivity contribution >= 4 is 23.2 Å². The molecule has 3 aromatic rings. The molecule has 2 aromatic heterocycles. The molecule has 0 radical (unpaired) electrons. The van der Waals surface area contributed by atoms with Gasteiger partial charge in [0.1, 0.15) is 10.8 Å². The third-order valence-electron chi connectivity index (χ3n) is 3.71. The number of benzene rings is 1. The number of aromatic nitrogens is 4. The summed E-state index contributed by atoms with van der Waals surface area (Å²) in [5.74, 6) is 2.40. The second-order valence-corrected chi connectivity index (χ2v) is 5.96. The number of anilines is 2. The molecule has 1 fully saturated rings. The lowest BCUT2D eigenvalue weighted by atomic mass is 10.2. The summed E-state index contributed by atoms with van der Waals surface area (Å²) < 4.78 is 0. The van der Waals surface area contributed by atoms with Crippen LogP contribution in [0.25, 0.3) is 11.4 Å². The molecule has 0 atom stereocenters. The molecule has 7 heteroatoms. The van der Waals surface area contributed by atoms with Crippen molar-refractivity contribution in [3.63, 3.8) is 0 Å². The van der Waals surface area contributed by atoms with E-state index in [2.05, 4.69) is 25.5 Å². The number of phenolic OH excluding ortho intramolecular Hbond substituents is 1. The molecule has 0 amide bonds. The van der Waals surface area contributed by atoms with Crippen LogP contribution in [0.2, 0.25) is 5.02 Å². The molecule has 1 aliphatic carbocycles. The zero-order valence-electron chi connectivity index (χ0n) is 12.1. The molecular weight excluding hydrogens is 314 g/mol. The first-order chi connectivity index (χ1) is 11.2. The monoisotopic (exact) mass is 327 g/mol. The maximum atomic E-state index is 9.58. The van der Waals surface area contributed by atoms with Crippen LogP contribution in [0, 0.1) is 0 Å². The van der Waals surface area contributed by atoms with E-state index in [1.54, 1.807) is 18.2 Å². The lowest BCUT2D eigenvalue weighted by Crippen LogP contribution is -1.98. The Morgan fingerprint density at radius 1 is 1.26 bits per heavy atom. The van der Waals surface area contributed by atoms with Gasteiger partial charge in [-0.2, -0.15) is 5.10 Å². The quantitative estimate of drug-likeness (QED) is 0.677. The molecule has 3 N–H and O–H groups in total. The Morgan fingerprint density at radius 2 is 2.13 bits per heavy atom. The van der Waals surface area contributed by atoms with Crippen LogP contribution in [0.1, 0.15) is 24.5 Å². The molecular formula is C16H14ClN5O. The topological polar surface area (TPSA) is 86.7 Å². The third kappa shape index (κ3) is 2.98. The van der Waals surface area contributed by atoms with Gasteiger partial charge in [-0.25, -0.2) is 9.97 Å². The Morgan fingerprint density at radius 3 is 2.91 bits per heavy atom. The predicted molar refractivity (Wildman–Crippen MR) is 88.0 cm³/mol. The Balaban J connectivity index is 1.63. The van der Waals surface area contributed by atoms with E-state index in [0.29, 0.717) is 34.0 Å². The molecule has 1 saturated carbocycles. The average molecular weight is 328 g/mol. The van der Waals surface area contributed by atoms with Crippen LogP contribution in [0.5, 0.6) is 5.75 Å². The van der Waals surface area contributed by atoms with E-state index in [0.717, 1.165) is 5.69 Å². The van der Waals surface area contributed by atoms with Crippen molar-refractivity contribution in [2.24, 2.45) is 0 Å². The highest BCUT2D eigenvalue weighted by Crippen LogP contribution is 2.39. The highest BCUT2D eigenvalue weighted by molar-refractivity contribution is 6.32. The van der Waals surface area contributed by atoms with Crippen molar-refractivity contribution in [3.8, 4) is 17.1 Å². The van der Waals surface area contributed by atoms with E-state index in [4.69, 9.17) is 11.6 Å². The van der Waals surface area contributed by atoms with Crippen LogP contribution in [0.15, 0.2) is 36.5 Å². The van der Waals surface area contributed by atoms with Crippen LogP contribution >= 0.6 is 11.6 Å². The van der Waals surface area contributed by atoms with E-state index >= 15 is 0 Å². The number of nitrogens with one attached hydrogen (secondary N) is 2. The summed E-state index contributed by atoms with van der Waals surface area (Å²) in [4.78, 5) is 8.64. The predicted octanol–water partition coefficient (Wildman–Crippen LogP) is 3.85. The second kappa shape index (κ2) is 5.55. The van der Waals surface area contributed by atoms with Gasteiger partial charge < -0.3 is 10.4 Å². The number of hydrogen-bond donors (Lipinski definition) is 3. The van der Waals surface area contributed by atoms with Gasteiger partial charge in [0.05, 0.1) is 6.20 Å². The minimum atomic E-state index is 0.164. The molecule has 0 spiro atoms. The summed E-state index contributed by atoms with van der Waals surface area (Å²) in [7, 11) is 0. The van der Waals surface area contributed by atoms with Gasteiger partial charge in [0.15, 0.2) is 17.5 Å². The van der Waals surface area contributed by atoms with Crippen molar-refractivity contribution < 1.29 is 5.11 Å². The maximum Gasteiger partial charge on any atom is 0.161 e. The first-order valence-electron chi connectivity index (χ1n) is 7.33. The van der Waals surface area contributed by atoms with Crippen molar-refractivity contribution in [3.05, 3.63) is 47.2 Å². The minimum absolute atomic E-state index is 0.164. The molecule has 4 rings (SSSR count). The number of halogens is 1. The van der Waals surface area contributed by atoms with Crippen molar-refractivity contribution in [2.45, 2.75) is 18.8 Å². The van der Waals surface area contributed by atoms with E-state index in [1.807, 2.05) is 12.1 Å². The summed E-state index contributed by atoms with van der Waals surface area (Å²) in [6, 6.07) is 8.75. The number of nitrogens with zero attached hydrogens (tertiary/aromatic N) is 3. The lowest BCUT2D eigenvalue weighted by Gasteiger charge is -2.07. The van der Waals surface area contributed by atoms with Gasteiger partial charge in [-0.05, 0) is 25.0 Å². The smallest absolute Gasteiger partial charge is 0.161 e. The summed E-state index contributed by atoms with van der Waals surface area (Å²) in [6.07, 6.45) is 3.94. The largest absolute Gasteiger partial charge is 0.508 e. The Hall–Kier alpha value is -2.60. The van der Waals surface area contributed by atoms with Gasteiger partial charge >= 0.3 is 0 Å². The normalized spacial score (nSPS) is 14.0. The van der Waals surface area contributed by atoms with Gasteiger partial charge in [-0.1, -0.05) is 23.7 Å². The summed E-state index contributed by atoms with van der Waals surface area (Å²) in [5, 5.41) is 20.4. The number of aromatic hydroxyl groups is 1. The first kappa shape index (κ1) is 14.0. The summed E-state index contributed by atoms with van der Waals surface area (Å²) in [6.45, 7) is 0. The average Bonchev–Trinajstić information content (AvgIpc) is 3.29. The fraction of sp³-hybridized carbons (Fsp3) is 0.188. The van der Waals surface area contributed by atoms with E-state index < -0.39 is 0 Å². The Labute approximate surface area is 137 Å². The minimum Gasteiger partial charge on any atom is -0.508 e. The highest BCUT2D eigenvalue weighted by Gasteiger charge is 2.25. The summed E-state index contributed by atoms with van der Waals surface area (Å²) in [5.41, 5.74) is 1.84. The van der Waals surface area contributed by atoms with Gasteiger partial charge in [0.2, 0.25) is 0 Å². The molecule has 0 unspecified atom stereocenters. The summed E-state index contributed by atoms with van der Waals surface area (Å²) >= 11 is 6.17. The lowest BCUT2D eigenvalue weighted by molar-refractivity contribution is 0.475. The van der Waals surface area contributed by atoms with E-state index in [-0.39, 0.29) is 5.75 Å². The highest BCUT2D eigenvalue weighted by atomic mass is 35.5. The van der Waals surface area contributed by atoms with E-state index in [1.165, 1.54) is 19.0 Å². The third-order valence-corrected chi connectivity index (χ3v) is 3.99. The Kier molecular flexibility index (Phi) is 3.38. The standard InChI is InChI=1S/C16H14ClN5O/c17-12-8-18-15(10-2-1-3-11(23)6-10)20-16(12)19-14-7-13(21-22-14)9-4-5-9/h1-3,6-9,23H,4-5H2,(H2,18,19,20,21,22). The van der Waals surface area contributed by atoms with Crippen molar-refractivity contribution in [1.29, 1.82) is 0 Å². The molecule has 0 saturated heterocycles. The first-order valence-corrected chi connectivity index (χ1v) is 7.71. The van der Waals surface area contributed by atoms with Crippen molar-refractivity contribution in [2.75, 3.05) is 5.32 Å². The van der Waals surface area contributed by atoms with Gasteiger partial charge in [-0.15, -0.1) is 0 Å². The SMILES string of the molecule is Oc1cccc(-c2ncc(Cl)c(Nc3cc(C4CC4)[nH]n3)n2)c1. The molecule has 0 aliphatic heterocycles. The fourth-order valence-corrected chi connectivity index (χ4v) is 2.50. The molecule has 1 aromatic carbocycles. The Bertz CT molecular complexity index is 859. The molecule has 1 aliphatic rings. The molecule has 2 heterocycles. The van der Waals surface area contributed by atoms with Crippen LogP contribution in [0.4, 0.5) is 11.6 Å². The number of aromatic amines is 1. The number of H-pyrrole nitrogens is 1. The zero-order valence-corrected chi connectivity index (χ0v) is 12.9. The second-order valence-electron chi connectivity index (χ2n) is 5.55. The number of hydrogen-bond acceptors (Lipinski definition) is 5. The van der Waals surface area contributed by atoms with E-state index in [9.17, 15) is 5.11 Å². The molecule has 6 nitrogen and oxygen atoms in total. The molecule has 23 heavy (non-hydrogen) atoms. The maximum absolute atomic E-state index is 9.58. The number of rotatable bonds is 4. The van der Waals surface area contributed by atoms with Crippen LogP contribution < -0.4 is 5.32 Å².